The van der Waals surface area contributed by atoms with Crippen molar-refractivity contribution in [3.05, 3.63) is 46.7 Å². The zero-order chi connectivity index (χ0) is 51.3. The number of aliphatic hydroxyl groups is 4. The number of amides is 1. The lowest BCUT2D eigenvalue weighted by atomic mass is 9.74. The molecule has 0 radical (unpaired) electrons. The van der Waals surface area contributed by atoms with E-state index in [2.05, 4.69) is 5.32 Å². The van der Waals surface area contributed by atoms with Gasteiger partial charge in [-0.2, -0.15) is 11.3 Å². The van der Waals surface area contributed by atoms with Gasteiger partial charge in [0, 0.05) is 51.2 Å². The lowest BCUT2D eigenvalue weighted by Crippen LogP contribution is -2.61. The van der Waals surface area contributed by atoms with E-state index < -0.39 is 114 Å². The second-order valence-corrected chi connectivity index (χ2v) is 21.5. The number of cyclic esters (lactones) is 1. The summed E-state index contributed by atoms with van der Waals surface area (Å²) in [5, 5.41) is 54.8. The largest absolute Gasteiger partial charge is 0.459 e. The Morgan fingerprint density at radius 1 is 0.913 bits per heavy atom. The number of esters is 2. The summed E-state index contributed by atoms with van der Waals surface area (Å²) < 4.78 is 44.0. The molecule has 0 bridgehead atoms. The Hall–Kier alpha value is -3.40. The molecule has 5 rings (SSSR count). The summed E-state index contributed by atoms with van der Waals surface area (Å²) in [6, 6.07) is 9.28. The first kappa shape index (κ1) is 56.5. The second-order valence-electron chi connectivity index (χ2n) is 20.7. The summed E-state index contributed by atoms with van der Waals surface area (Å²) >= 11 is 1.57. The topological polar surface area (TPSA) is 229 Å². The van der Waals surface area contributed by atoms with Gasteiger partial charge in [-0.3, -0.25) is 19.2 Å². The highest BCUT2D eigenvalue weighted by atomic mass is 32.1. The minimum absolute atomic E-state index is 0.0229. The number of likely N-dealkylation sites (N-methyl/N-ethyl adjacent to an activating group) is 1. The number of nitrogens with zero attached hydrogens (tertiary/aromatic N) is 1. The molecule has 3 saturated heterocycles. The Labute approximate surface area is 411 Å². The number of methoxy groups -OCH3 is 1. The molecule has 5 N–H and O–H groups in total. The third-order valence-electron chi connectivity index (χ3n) is 14.6. The van der Waals surface area contributed by atoms with Crippen LogP contribution in [0.3, 0.4) is 0 Å². The third-order valence-corrected chi connectivity index (χ3v) is 15.3. The molecule has 0 saturated carbocycles. The van der Waals surface area contributed by atoms with Crippen LogP contribution in [0, 0.1) is 23.7 Å². The van der Waals surface area contributed by atoms with E-state index in [1.54, 1.807) is 46.0 Å². The Balaban J connectivity index is 1.53. The van der Waals surface area contributed by atoms with Gasteiger partial charge >= 0.3 is 11.9 Å². The Morgan fingerprint density at radius 3 is 2.23 bits per heavy atom. The first-order valence-electron chi connectivity index (χ1n) is 24.1. The molecule has 2 aromatic rings. The Bertz CT molecular complexity index is 2030. The van der Waals surface area contributed by atoms with Crippen molar-refractivity contribution in [1.29, 1.82) is 0 Å². The minimum Gasteiger partial charge on any atom is -0.459 e. The number of benzene rings is 1. The second kappa shape index (κ2) is 23.4. The van der Waals surface area contributed by atoms with Gasteiger partial charge in [0.2, 0.25) is 5.91 Å². The maximum atomic E-state index is 14.8. The monoisotopic (exact) mass is 991 g/mol. The molecule has 69 heavy (non-hydrogen) atoms. The molecule has 4 heterocycles. The molecule has 17 nitrogen and oxygen atoms in total. The van der Waals surface area contributed by atoms with Gasteiger partial charge in [-0.1, -0.05) is 45.0 Å². The molecule has 1 amide bonds. The molecule has 3 fully saturated rings. The van der Waals surface area contributed by atoms with Crippen molar-refractivity contribution >= 4 is 35.0 Å². The van der Waals surface area contributed by atoms with Gasteiger partial charge in [0.15, 0.2) is 18.7 Å². The van der Waals surface area contributed by atoms with E-state index in [-0.39, 0.29) is 50.3 Å². The van der Waals surface area contributed by atoms with Crippen LogP contribution in [0.4, 0.5) is 0 Å². The molecule has 3 aliphatic heterocycles. The van der Waals surface area contributed by atoms with Crippen molar-refractivity contribution in [1.82, 2.24) is 10.2 Å². The van der Waals surface area contributed by atoms with Crippen molar-refractivity contribution in [2.45, 2.75) is 186 Å². The number of thiophene rings is 1. The van der Waals surface area contributed by atoms with E-state index >= 15 is 0 Å². The van der Waals surface area contributed by atoms with Gasteiger partial charge in [-0.05, 0) is 102 Å². The molecule has 388 valence electrons. The summed E-state index contributed by atoms with van der Waals surface area (Å²) in [5.74, 6) is -6.62. The molecular weight excluding hydrogens is 913 g/mol. The third kappa shape index (κ3) is 13.6. The fourth-order valence-corrected chi connectivity index (χ4v) is 11.1. The summed E-state index contributed by atoms with van der Waals surface area (Å²) in [6.07, 6.45) is -11.1. The number of carbonyl (C=O) groups excluding carboxylic acids is 4. The van der Waals surface area contributed by atoms with Gasteiger partial charge in [0.25, 0.3) is 0 Å². The number of hydrogen-bond donors (Lipinski definition) is 5. The highest BCUT2D eigenvalue weighted by Gasteiger charge is 2.54. The van der Waals surface area contributed by atoms with Crippen LogP contribution in [0.1, 0.15) is 100 Å². The Kier molecular flexibility index (Phi) is 19.2. The summed E-state index contributed by atoms with van der Waals surface area (Å²) in [4.78, 5) is 57.0. The zero-order valence-corrected chi connectivity index (χ0v) is 43.4. The maximum absolute atomic E-state index is 14.8. The van der Waals surface area contributed by atoms with Crippen molar-refractivity contribution in [2.24, 2.45) is 23.7 Å². The van der Waals surface area contributed by atoms with E-state index in [4.69, 9.17) is 33.2 Å². The van der Waals surface area contributed by atoms with Crippen LogP contribution >= 0.6 is 11.3 Å². The number of Topliss-reactive ketones (excluding diaryl/α,β-unsaturated/α-hetero) is 1. The lowest BCUT2D eigenvalue weighted by molar-refractivity contribution is -0.318. The van der Waals surface area contributed by atoms with E-state index in [0.717, 1.165) is 16.7 Å². The van der Waals surface area contributed by atoms with Crippen LogP contribution in [-0.4, -0.2) is 161 Å². The van der Waals surface area contributed by atoms with Gasteiger partial charge in [0.1, 0.15) is 23.6 Å². The number of aliphatic hydroxyl groups excluding tert-OH is 2. The summed E-state index contributed by atoms with van der Waals surface area (Å²) in [6.45, 7) is 15.6. The fourth-order valence-electron chi connectivity index (χ4n) is 10.4. The molecule has 1 aromatic carbocycles. The predicted molar refractivity (Wildman–Crippen MR) is 257 cm³/mol. The first-order valence-corrected chi connectivity index (χ1v) is 25.1. The van der Waals surface area contributed by atoms with Crippen molar-refractivity contribution in [3.63, 3.8) is 0 Å². The quantitative estimate of drug-likeness (QED) is 0.175. The summed E-state index contributed by atoms with van der Waals surface area (Å²) in [5.41, 5.74) is -2.48. The summed E-state index contributed by atoms with van der Waals surface area (Å²) in [7, 11) is 5.15. The SMILES string of the molecule is CO[C@]1(C)C[C@H](O[C@H]2[C@H](C)[C@@H](O[C@@H]3O[C@H](C)C[C@H](N(C)C)[C@H]3OC(C)=O)[C@](C)(O)C[C@@H](C)C(=O)[C@H](C)[C@@H](O)[C@](C)(O)[C@@H](CCNC(=O)Cc3cccc(-c4ccsc4)c3)OC(=O)[C@@H]2C)O[C@@H](C)[C@@H]1O. The van der Waals surface area contributed by atoms with Crippen LogP contribution < -0.4 is 5.32 Å². The number of hydrogen-bond acceptors (Lipinski definition) is 17. The average Bonchev–Trinajstić information content (AvgIpc) is 3.83. The van der Waals surface area contributed by atoms with Gasteiger partial charge in [-0.25, -0.2) is 0 Å². The predicted octanol–water partition coefficient (Wildman–Crippen LogP) is 4.42. The van der Waals surface area contributed by atoms with Crippen molar-refractivity contribution in [2.75, 3.05) is 27.7 Å². The van der Waals surface area contributed by atoms with Crippen LogP contribution in [0.15, 0.2) is 41.1 Å². The number of rotatable bonds is 13. The van der Waals surface area contributed by atoms with Crippen LogP contribution in [0.2, 0.25) is 0 Å². The highest BCUT2D eigenvalue weighted by Crippen LogP contribution is 2.41. The average molecular weight is 991 g/mol. The molecular formula is C51H78N2O15S. The van der Waals surface area contributed by atoms with Gasteiger partial charge in [0.05, 0.1) is 60.1 Å². The number of ketones is 1. The van der Waals surface area contributed by atoms with E-state index in [1.807, 2.05) is 67.0 Å². The van der Waals surface area contributed by atoms with Crippen molar-refractivity contribution < 1.29 is 72.8 Å². The van der Waals surface area contributed by atoms with E-state index in [0.29, 0.717) is 6.42 Å². The normalized spacial score (nSPS) is 39.6. The lowest BCUT2D eigenvalue weighted by Gasteiger charge is -2.49. The first-order chi connectivity index (χ1) is 32.2. The molecule has 0 unspecified atom stereocenters. The molecule has 3 aliphatic rings. The molecule has 18 atom stereocenters. The number of carbonyl (C=O) groups is 4. The maximum Gasteiger partial charge on any atom is 0.311 e. The minimum atomic E-state index is -2.23. The van der Waals surface area contributed by atoms with Crippen LogP contribution in [-0.2, 0) is 58.8 Å². The van der Waals surface area contributed by atoms with E-state index in [9.17, 15) is 39.6 Å². The van der Waals surface area contributed by atoms with Crippen LogP contribution in [0.5, 0.6) is 0 Å². The van der Waals surface area contributed by atoms with E-state index in [1.165, 1.54) is 34.8 Å². The van der Waals surface area contributed by atoms with Crippen LogP contribution in [0.25, 0.3) is 11.1 Å². The number of nitrogens with one attached hydrogen (secondary N) is 1. The van der Waals surface area contributed by atoms with Gasteiger partial charge in [-0.15, -0.1) is 0 Å². The zero-order valence-electron chi connectivity index (χ0n) is 42.6. The molecule has 18 heteroatoms. The van der Waals surface area contributed by atoms with Crippen molar-refractivity contribution in [3.8, 4) is 11.1 Å². The molecule has 1 aromatic heterocycles. The number of ether oxygens (including phenoxy) is 7. The molecule has 0 spiro atoms. The van der Waals surface area contributed by atoms with Gasteiger partial charge < -0.3 is 63.8 Å². The smallest absolute Gasteiger partial charge is 0.311 e. The molecule has 0 aliphatic carbocycles. The standard InChI is InChI=1S/C51H78N2O15S/c1-27-24-49(8,60)46(68-48-43(65-33(7)54)37(53(11)12)21-28(2)63-48)30(4)42(67-40-25-50(9,62-13)45(58)32(6)64-40)31(5)47(59)66-38(51(10,61)44(57)29(3)41(27)56)17-19-52-39(55)23-34-15-14-16-35(22-34)36-18-20-69-26-36/h14-16,18,20,22,26-32,37-38,40,42-46,48,57-58,60-61H,17,19,21,23-25H2,1-13H3,(H,52,55)/t27-,28-,29+,30+,31-,32+,37+,38-,40+,42+,43-,44-,45+,46-,48+,49-,50-,51-/m1/s1. The Morgan fingerprint density at radius 2 is 1.61 bits per heavy atom. The highest BCUT2D eigenvalue weighted by molar-refractivity contribution is 7.08. The fraction of sp³-hybridized carbons (Fsp3) is 0.725.